The Bertz CT molecular complexity index is 437. The van der Waals surface area contributed by atoms with E-state index < -0.39 is 0 Å². The van der Waals surface area contributed by atoms with Crippen LogP contribution in [-0.2, 0) is 0 Å². The van der Waals surface area contributed by atoms with Gasteiger partial charge in [-0.1, -0.05) is 36.8 Å². The maximum absolute atomic E-state index is 6.02. The Morgan fingerprint density at radius 3 is 2.63 bits per heavy atom. The highest BCUT2D eigenvalue weighted by Gasteiger charge is 2.28. The Labute approximate surface area is 115 Å². The first-order chi connectivity index (χ1) is 9.34. The molecule has 1 saturated heterocycles. The number of guanidine groups is 1. The molecule has 2 fully saturated rings. The van der Waals surface area contributed by atoms with Gasteiger partial charge in [0.1, 0.15) is 0 Å². The Morgan fingerprint density at radius 1 is 1.16 bits per heavy atom. The van der Waals surface area contributed by atoms with Crippen molar-refractivity contribution in [3.8, 4) is 0 Å². The van der Waals surface area contributed by atoms with Gasteiger partial charge < -0.3 is 10.6 Å². The van der Waals surface area contributed by atoms with E-state index in [9.17, 15) is 0 Å². The molecule has 19 heavy (non-hydrogen) atoms. The highest BCUT2D eigenvalue weighted by Crippen LogP contribution is 2.39. The van der Waals surface area contributed by atoms with E-state index in [2.05, 4.69) is 40.2 Å². The van der Waals surface area contributed by atoms with Gasteiger partial charge in [-0.3, -0.25) is 4.99 Å². The highest BCUT2D eigenvalue weighted by molar-refractivity contribution is 5.78. The second-order valence-corrected chi connectivity index (χ2v) is 5.75. The molecule has 1 aliphatic carbocycles. The number of nitrogens with two attached hydrogens (primary N) is 1. The average Bonchev–Trinajstić information content (AvgIpc) is 2.83. The zero-order chi connectivity index (χ0) is 13.1. The lowest BCUT2D eigenvalue weighted by molar-refractivity contribution is 0.294. The second-order valence-electron chi connectivity index (χ2n) is 5.75. The van der Waals surface area contributed by atoms with Crippen LogP contribution in [0, 0.1) is 5.92 Å². The SMILES string of the molecule is NC(=NCC1CCCC1c1ccccc1)N1CCC1. The molecule has 102 valence electrons. The van der Waals surface area contributed by atoms with Crippen LogP contribution >= 0.6 is 0 Å². The summed E-state index contributed by atoms with van der Waals surface area (Å²) in [7, 11) is 0. The fourth-order valence-electron chi connectivity index (χ4n) is 3.25. The number of benzene rings is 1. The van der Waals surface area contributed by atoms with Gasteiger partial charge in [0, 0.05) is 19.6 Å². The van der Waals surface area contributed by atoms with Gasteiger partial charge in [0.2, 0.25) is 0 Å². The Kier molecular flexibility index (Phi) is 3.72. The molecule has 2 N–H and O–H groups in total. The summed E-state index contributed by atoms with van der Waals surface area (Å²) in [6.45, 7) is 3.06. The van der Waals surface area contributed by atoms with Crippen LogP contribution in [0.15, 0.2) is 35.3 Å². The summed E-state index contributed by atoms with van der Waals surface area (Å²) in [6, 6.07) is 10.9. The third kappa shape index (κ3) is 2.75. The van der Waals surface area contributed by atoms with E-state index in [1.54, 1.807) is 0 Å². The lowest BCUT2D eigenvalue weighted by Gasteiger charge is -2.32. The second kappa shape index (κ2) is 5.64. The minimum atomic E-state index is 0.669. The third-order valence-corrected chi connectivity index (χ3v) is 4.55. The van der Waals surface area contributed by atoms with Gasteiger partial charge in [-0.25, -0.2) is 0 Å². The van der Waals surface area contributed by atoms with Gasteiger partial charge >= 0.3 is 0 Å². The van der Waals surface area contributed by atoms with E-state index in [1.807, 2.05) is 0 Å². The summed E-state index contributed by atoms with van der Waals surface area (Å²) in [5, 5.41) is 0. The average molecular weight is 257 g/mol. The minimum Gasteiger partial charge on any atom is -0.370 e. The molecule has 1 aromatic rings. The quantitative estimate of drug-likeness (QED) is 0.668. The van der Waals surface area contributed by atoms with Crippen LogP contribution in [-0.4, -0.2) is 30.5 Å². The molecule has 0 bridgehead atoms. The van der Waals surface area contributed by atoms with Gasteiger partial charge in [0.15, 0.2) is 5.96 Å². The van der Waals surface area contributed by atoms with E-state index in [-0.39, 0.29) is 0 Å². The number of likely N-dealkylation sites (tertiary alicyclic amines) is 1. The van der Waals surface area contributed by atoms with E-state index in [1.165, 1.54) is 31.2 Å². The topological polar surface area (TPSA) is 41.6 Å². The standard InChI is InChI=1S/C16H23N3/c17-16(19-10-5-11-19)18-12-14-8-4-9-15(14)13-6-2-1-3-7-13/h1-3,6-7,14-15H,4-5,8-12H2,(H2,17,18). The van der Waals surface area contributed by atoms with Crippen molar-refractivity contribution in [3.05, 3.63) is 35.9 Å². The van der Waals surface area contributed by atoms with Gasteiger partial charge in [0.25, 0.3) is 0 Å². The molecule has 0 spiro atoms. The Morgan fingerprint density at radius 2 is 1.95 bits per heavy atom. The fourth-order valence-corrected chi connectivity index (χ4v) is 3.25. The van der Waals surface area contributed by atoms with Crippen LogP contribution in [0.3, 0.4) is 0 Å². The zero-order valence-corrected chi connectivity index (χ0v) is 11.5. The molecule has 0 amide bonds. The summed E-state index contributed by atoms with van der Waals surface area (Å²) >= 11 is 0. The summed E-state index contributed by atoms with van der Waals surface area (Å²) in [4.78, 5) is 6.80. The molecule has 2 aliphatic rings. The molecule has 3 nitrogen and oxygen atoms in total. The predicted octanol–water partition coefficient (Wildman–Crippen LogP) is 2.59. The van der Waals surface area contributed by atoms with Crippen LogP contribution in [0.4, 0.5) is 0 Å². The molecule has 0 aromatic heterocycles. The van der Waals surface area contributed by atoms with Crippen molar-refractivity contribution in [2.45, 2.75) is 31.6 Å². The maximum Gasteiger partial charge on any atom is 0.191 e. The van der Waals surface area contributed by atoms with Gasteiger partial charge in [-0.15, -0.1) is 0 Å². The lowest BCUT2D eigenvalue weighted by Crippen LogP contribution is -2.46. The van der Waals surface area contributed by atoms with Crippen molar-refractivity contribution < 1.29 is 0 Å². The van der Waals surface area contributed by atoms with Crippen molar-refractivity contribution in [3.63, 3.8) is 0 Å². The molecule has 1 aromatic carbocycles. The van der Waals surface area contributed by atoms with Crippen molar-refractivity contribution in [1.29, 1.82) is 0 Å². The van der Waals surface area contributed by atoms with E-state index >= 15 is 0 Å². The summed E-state index contributed by atoms with van der Waals surface area (Å²) in [5.41, 5.74) is 7.49. The van der Waals surface area contributed by atoms with Gasteiger partial charge in [-0.05, 0) is 36.7 Å². The lowest BCUT2D eigenvalue weighted by atomic mass is 9.89. The third-order valence-electron chi connectivity index (χ3n) is 4.55. The number of hydrogen-bond donors (Lipinski definition) is 1. The summed E-state index contributed by atoms with van der Waals surface area (Å²) < 4.78 is 0. The molecule has 1 aliphatic heterocycles. The summed E-state index contributed by atoms with van der Waals surface area (Å²) in [5.74, 6) is 2.10. The largest absolute Gasteiger partial charge is 0.370 e. The van der Waals surface area contributed by atoms with E-state index in [4.69, 9.17) is 5.73 Å². The zero-order valence-electron chi connectivity index (χ0n) is 11.5. The fraction of sp³-hybridized carbons (Fsp3) is 0.562. The summed E-state index contributed by atoms with van der Waals surface area (Å²) in [6.07, 6.45) is 5.17. The van der Waals surface area contributed by atoms with Crippen molar-refractivity contribution in [2.24, 2.45) is 16.6 Å². The van der Waals surface area contributed by atoms with Crippen molar-refractivity contribution >= 4 is 5.96 Å². The molecule has 3 rings (SSSR count). The predicted molar refractivity (Wildman–Crippen MR) is 79.2 cm³/mol. The molecular formula is C16H23N3. The Hall–Kier alpha value is -1.51. The monoisotopic (exact) mass is 257 g/mol. The Balaban J connectivity index is 1.63. The normalized spacial score (nSPS) is 27.4. The van der Waals surface area contributed by atoms with E-state index in [0.29, 0.717) is 11.8 Å². The van der Waals surface area contributed by atoms with Crippen LogP contribution in [0.1, 0.15) is 37.2 Å². The van der Waals surface area contributed by atoms with Crippen LogP contribution in [0.5, 0.6) is 0 Å². The number of hydrogen-bond acceptors (Lipinski definition) is 1. The molecule has 1 heterocycles. The molecule has 0 radical (unpaired) electrons. The van der Waals surface area contributed by atoms with E-state index in [0.717, 1.165) is 25.6 Å². The molecule has 2 atom stereocenters. The molecular weight excluding hydrogens is 234 g/mol. The smallest absolute Gasteiger partial charge is 0.191 e. The first-order valence-electron chi connectivity index (χ1n) is 7.44. The molecule has 3 heteroatoms. The first-order valence-corrected chi connectivity index (χ1v) is 7.44. The number of rotatable bonds is 3. The van der Waals surface area contributed by atoms with Crippen LogP contribution in [0.25, 0.3) is 0 Å². The van der Waals surface area contributed by atoms with Crippen LogP contribution in [0.2, 0.25) is 0 Å². The van der Waals surface area contributed by atoms with Crippen LogP contribution < -0.4 is 5.73 Å². The minimum absolute atomic E-state index is 0.669. The molecule has 1 saturated carbocycles. The first kappa shape index (κ1) is 12.5. The molecule has 2 unspecified atom stereocenters. The highest BCUT2D eigenvalue weighted by atomic mass is 15.3. The number of aliphatic imine (C=N–C) groups is 1. The van der Waals surface area contributed by atoms with Crippen molar-refractivity contribution in [1.82, 2.24) is 4.90 Å². The number of nitrogens with zero attached hydrogens (tertiary/aromatic N) is 2. The maximum atomic E-state index is 6.02. The van der Waals surface area contributed by atoms with Gasteiger partial charge in [0.05, 0.1) is 0 Å². The van der Waals surface area contributed by atoms with Crippen molar-refractivity contribution in [2.75, 3.05) is 19.6 Å². The van der Waals surface area contributed by atoms with Gasteiger partial charge in [-0.2, -0.15) is 0 Å².